The fourth-order valence-electron chi connectivity index (χ4n) is 2.54. The van der Waals surface area contributed by atoms with Crippen molar-refractivity contribution in [2.45, 2.75) is 38.2 Å². The number of alkyl halides is 2. The van der Waals surface area contributed by atoms with E-state index in [4.69, 9.17) is 17.0 Å². The average Bonchev–Trinajstić information content (AvgIpc) is 3.25. The Hall–Kier alpha value is -1.54. The Balaban J connectivity index is 1.82. The molecule has 1 heterocycles. The number of halogens is 3. The molecule has 2 unspecified atom stereocenters. The number of rotatable bonds is 11. The third kappa shape index (κ3) is 6.84. The van der Waals surface area contributed by atoms with Crippen LogP contribution >= 0.6 is 23.4 Å². The van der Waals surface area contributed by atoms with Crippen LogP contribution in [0.3, 0.4) is 0 Å². The van der Waals surface area contributed by atoms with E-state index in [1.807, 2.05) is 6.92 Å². The van der Waals surface area contributed by atoms with Gasteiger partial charge in [0, 0.05) is 43.5 Å². The molecule has 1 aromatic rings. The van der Waals surface area contributed by atoms with Crippen LogP contribution in [0.15, 0.2) is 29.5 Å². The maximum absolute atomic E-state index is 12.8. The van der Waals surface area contributed by atoms with Crippen LogP contribution in [0.5, 0.6) is 0 Å². The van der Waals surface area contributed by atoms with Crippen molar-refractivity contribution in [3.05, 3.63) is 24.5 Å². The van der Waals surface area contributed by atoms with Crippen LogP contribution in [-0.4, -0.2) is 57.2 Å². The Morgan fingerprint density at radius 1 is 1.63 bits per heavy atom. The van der Waals surface area contributed by atoms with E-state index in [1.165, 1.54) is 22.9 Å². The van der Waals surface area contributed by atoms with Crippen molar-refractivity contribution in [2.75, 3.05) is 18.1 Å². The van der Waals surface area contributed by atoms with E-state index in [0.29, 0.717) is 30.2 Å². The zero-order chi connectivity index (χ0) is 19.9. The first-order valence-corrected chi connectivity index (χ1v) is 10.3. The molecule has 0 saturated heterocycles. The van der Waals surface area contributed by atoms with Gasteiger partial charge in [0.05, 0.1) is 11.9 Å². The number of amides is 1. The van der Waals surface area contributed by atoms with Gasteiger partial charge in [0.2, 0.25) is 5.91 Å². The first-order chi connectivity index (χ1) is 12.8. The Morgan fingerprint density at radius 3 is 2.93 bits per heavy atom. The van der Waals surface area contributed by atoms with Crippen molar-refractivity contribution in [2.24, 2.45) is 10.9 Å². The fourth-order valence-corrected chi connectivity index (χ4v) is 3.88. The molecule has 1 amide bonds. The molecule has 1 aliphatic carbocycles. The molecule has 0 bridgehead atoms. The first-order valence-electron chi connectivity index (χ1n) is 8.78. The van der Waals surface area contributed by atoms with Gasteiger partial charge in [0.1, 0.15) is 11.2 Å². The maximum Gasteiger partial charge on any atom is 0.252 e. The predicted octanol–water partition coefficient (Wildman–Crippen LogP) is 4.39. The van der Waals surface area contributed by atoms with Gasteiger partial charge in [0.25, 0.3) is 5.92 Å². The average molecular weight is 417 g/mol. The Kier molecular flexibility index (Phi) is 8.16. The van der Waals surface area contributed by atoms with Crippen molar-refractivity contribution in [3.63, 3.8) is 0 Å². The molecular weight excluding hydrogens is 394 g/mol. The summed E-state index contributed by atoms with van der Waals surface area (Å²) < 4.78 is 25.6. The molecule has 27 heavy (non-hydrogen) atoms. The summed E-state index contributed by atoms with van der Waals surface area (Å²) in [5.74, 6) is -2.03. The minimum atomic E-state index is -2.48. The minimum Gasteiger partial charge on any atom is -0.328 e. The van der Waals surface area contributed by atoms with Gasteiger partial charge in [-0.2, -0.15) is 11.8 Å². The highest BCUT2D eigenvalue weighted by Gasteiger charge is 2.56. The molecule has 5 nitrogen and oxygen atoms in total. The van der Waals surface area contributed by atoms with E-state index in [-0.39, 0.29) is 23.9 Å². The maximum atomic E-state index is 12.8. The summed E-state index contributed by atoms with van der Waals surface area (Å²) >= 11 is 7.34. The quantitative estimate of drug-likeness (QED) is 0.429. The van der Waals surface area contributed by atoms with E-state index in [9.17, 15) is 13.6 Å². The predicted molar refractivity (Wildman–Crippen MR) is 107 cm³/mol. The lowest BCUT2D eigenvalue weighted by Crippen LogP contribution is -2.44. The van der Waals surface area contributed by atoms with Gasteiger partial charge in [-0.05, 0) is 31.2 Å². The summed E-state index contributed by atoms with van der Waals surface area (Å²) in [4.78, 5) is 22.2. The molecule has 2 rings (SSSR count). The number of thioether (sulfide) groups is 1. The van der Waals surface area contributed by atoms with Gasteiger partial charge in [-0.1, -0.05) is 11.6 Å². The van der Waals surface area contributed by atoms with Gasteiger partial charge in [0.15, 0.2) is 0 Å². The van der Waals surface area contributed by atoms with Crippen LogP contribution in [0, 0.1) is 11.3 Å². The number of aliphatic imine (C=N–C) groups is 1. The van der Waals surface area contributed by atoms with E-state index in [0.717, 1.165) is 0 Å². The smallest absolute Gasteiger partial charge is 0.252 e. The molecule has 1 fully saturated rings. The summed E-state index contributed by atoms with van der Waals surface area (Å²) in [6.07, 6.45) is 5.54. The number of nitrogens with zero attached hydrogens (tertiary/aromatic N) is 3. The molecule has 1 saturated carbocycles. The second-order valence-corrected chi connectivity index (χ2v) is 7.86. The summed E-state index contributed by atoms with van der Waals surface area (Å²) in [6, 6.07) is 2.77. The third-order valence-electron chi connectivity index (χ3n) is 4.22. The lowest BCUT2D eigenvalue weighted by atomic mass is 10.2. The molecule has 0 spiro atoms. The van der Waals surface area contributed by atoms with Crippen molar-refractivity contribution in [1.29, 1.82) is 5.41 Å². The van der Waals surface area contributed by atoms with Crippen molar-refractivity contribution in [3.8, 4) is 0 Å². The summed E-state index contributed by atoms with van der Waals surface area (Å²) in [7, 11) is 0. The molecule has 148 valence electrons. The van der Waals surface area contributed by atoms with Crippen molar-refractivity contribution < 1.29 is 13.6 Å². The molecule has 2 atom stereocenters. The van der Waals surface area contributed by atoms with Gasteiger partial charge in [-0.3, -0.25) is 20.2 Å². The zero-order valence-corrected chi connectivity index (χ0v) is 16.6. The van der Waals surface area contributed by atoms with Crippen LogP contribution in [0.1, 0.15) is 26.2 Å². The van der Waals surface area contributed by atoms with E-state index in [1.54, 1.807) is 24.5 Å². The lowest BCUT2D eigenvalue weighted by Gasteiger charge is -2.27. The number of hydrogen-bond donors (Lipinski definition) is 1. The fraction of sp³-hybridized carbons (Fsp3) is 0.556. The van der Waals surface area contributed by atoms with Gasteiger partial charge < -0.3 is 4.90 Å². The molecule has 0 aliphatic heterocycles. The standard InChI is InChI=1S/C18H23ClF2N4OS/c1-2-25(15(17(19)22)11-24-14-5-3-7-23-10-14)16(26)6-4-8-27-12-13-9-18(13,20)21/h3,5,7,10-11,13,15,22H,2,4,6,8-9,12H2,1H3. The molecule has 9 heteroatoms. The van der Waals surface area contributed by atoms with E-state index in [2.05, 4.69) is 9.98 Å². The van der Waals surface area contributed by atoms with Crippen LogP contribution in [0.4, 0.5) is 14.5 Å². The molecule has 0 radical (unpaired) electrons. The third-order valence-corrected chi connectivity index (χ3v) is 5.66. The topological polar surface area (TPSA) is 69.4 Å². The molecular formula is C18H23ClF2N4OS. The largest absolute Gasteiger partial charge is 0.328 e. The van der Waals surface area contributed by atoms with Crippen LogP contribution < -0.4 is 0 Å². The molecule has 1 aromatic heterocycles. The number of carbonyl (C=O) groups is 1. The Bertz CT molecular complexity index is 675. The monoisotopic (exact) mass is 416 g/mol. The highest BCUT2D eigenvalue weighted by atomic mass is 35.5. The van der Waals surface area contributed by atoms with E-state index >= 15 is 0 Å². The zero-order valence-electron chi connectivity index (χ0n) is 15.1. The number of nitrogens with one attached hydrogen (secondary N) is 1. The SMILES string of the molecule is CCN(C(=O)CCCSCC1CC1(F)F)C(C=Nc1cccnc1)C(=N)Cl. The van der Waals surface area contributed by atoms with Crippen molar-refractivity contribution >= 4 is 46.3 Å². The Labute approximate surface area is 167 Å². The lowest BCUT2D eigenvalue weighted by molar-refractivity contribution is -0.131. The molecule has 1 N–H and O–H groups in total. The van der Waals surface area contributed by atoms with E-state index < -0.39 is 17.9 Å². The molecule has 1 aliphatic rings. The van der Waals surface area contributed by atoms with Crippen LogP contribution in [0.25, 0.3) is 0 Å². The minimum absolute atomic E-state index is 0.0155. The number of carbonyl (C=O) groups excluding carboxylic acids is 1. The van der Waals surface area contributed by atoms with Crippen LogP contribution in [-0.2, 0) is 4.79 Å². The second kappa shape index (κ2) is 10.1. The normalized spacial score (nSPS) is 19.0. The number of aromatic nitrogens is 1. The summed E-state index contributed by atoms with van der Waals surface area (Å²) in [6.45, 7) is 2.20. The molecule has 0 aromatic carbocycles. The number of hydrogen-bond acceptors (Lipinski definition) is 5. The van der Waals surface area contributed by atoms with Gasteiger partial charge in [-0.25, -0.2) is 8.78 Å². The van der Waals surface area contributed by atoms with Gasteiger partial charge in [-0.15, -0.1) is 0 Å². The second-order valence-electron chi connectivity index (χ2n) is 6.30. The summed E-state index contributed by atoms with van der Waals surface area (Å²) in [5, 5.41) is 7.58. The van der Waals surface area contributed by atoms with Crippen molar-refractivity contribution in [1.82, 2.24) is 9.88 Å². The highest BCUT2D eigenvalue weighted by molar-refractivity contribution is 7.99. The van der Waals surface area contributed by atoms with Crippen LogP contribution in [0.2, 0.25) is 0 Å². The highest BCUT2D eigenvalue weighted by Crippen LogP contribution is 2.50. The Morgan fingerprint density at radius 2 is 2.37 bits per heavy atom. The van der Waals surface area contributed by atoms with Gasteiger partial charge >= 0.3 is 0 Å². The summed E-state index contributed by atoms with van der Waals surface area (Å²) in [5.41, 5.74) is 0.609. The first kappa shape index (κ1) is 21.8. The number of pyridine rings is 1.